The third kappa shape index (κ3) is 4.79. The third-order valence-electron chi connectivity index (χ3n) is 2.96. The maximum absolute atomic E-state index is 10.8. The number of benzene rings is 2. The van der Waals surface area contributed by atoms with Crippen molar-refractivity contribution >= 4 is 35.2 Å². The van der Waals surface area contributed by atoms with E-state index in [1.165, 1.54) is 18.3 Å². The fraction of sp³-hybridized carbons (Fsp3) is 0.0625. The lowest BCUT2D eigenvalue weighted by atomic mass is 10.1. The van der Waals surface area contributed by atoms with Crippen molar-refractivity contribution in [2.45, 2.75) is 6.92 Å². The van der Waals surface area contributed by atoms with Crippen LogP contribution in [0.15, 0.2) is 47.6 Å². The molecule has 0 atom stereocenters. The van der Waals surface area contributed by atoms with Gasteiger partial charge >= 0.3 is 5.97 Å². The summed E-state index contributed by atoms with van der Waals surface area (Å²) in [5.41, 5.74) is 4.98. The normalized spacial score (nSPS) is 10.5. The Labute approximate surface area is 138 Å². The Morgan fingerprint density at radius 1 is 1.22 bits per heavy atom. The van der Waals surface area contributed by atoms with Gasteiger partial charge in [-0.05, 0) is 49.5 Å². The van der Waals surface area contributed by atoms with Crippen LogP contribution in [-0.2, 0) is 0 Å². The molecule has 0 saturated heterocycles. The van der Waals surface area contributed by atoms with E-state index >= 15 is 0 Å². The molecule has 118 valence electrons. The first-order chi connectivity index (χ1) is 11.0. The van der Waals surface area contributed by atoms with Crippen LogP contribution in [0.2, 0.25) is 0 Å². The zero-order chi connectivity index (χ0) is 16.8. The number of hydrogen-bond donors (Lipinski definition) is 4. The standard InChI is InChI=1S/C16H15N3O3S/c1-10-2-6-13(7-3-10)18-16(23)19-17-9-12-5-4-11(15(21)22)8-14(12)20/h2-9,20H,1H3,(H,21,22)(H2,18,19,23)/b17-9+. The van der Waals surface area contributed by atoms with Gasteiger partial charge in [-0.1, -0.05) is 17.7 Å². The second-order valence-corrected chi connectivity index (χ2v) is 5.18. The first kappa shape index (κ1) is 16.4. The summed E-state index contributed by atoms with van der Waals surface area (Å²) in [5, 5.41) is 25.7. The summed E-state index contributed by atoms with van der Waals surface area (Å²) in [5.74, 6) is -1.28. The van der Waals surface area contributed by atoms with E-state index in [-0.39, 0.29) is 11.3 Å². The van der Waals surface area contributed by atoms with Crippen LogP contribution < -0.4 is 10.7 Å². The molecule has 2 aromatic rings. The van der Waals surface area contributed by atoms with Crippen LogP contribution in [0.25, 0.3) is 0 Å². The van der Waals surface area contributed by atoms with Gasteiger partial charge in [0, 0.05) is 11.3 Å². The van der Waals surface area contributed by atoms with Crippen molar-refractivity contribution in [1.29, 1.82) is 0 Å². The van der Waals surface area contributed by atoms with E-state index < -0.39 is 5.97 Å². The molecule has 0 radical (unpaired) electrons. The predicted molar refractivity (Wildman–Crippen MR) is 93.2 cm³/mol. The number of hydrazone groups is 1. The minimum Gasteiger partial charge on any atom is -0.507 e. The number of carboxylic acids is 1. The van der Waals surface area contributed by atoms with Crippen LogP contribution in [-0.4, -0.2) is 27.5 Å². The van der Waals surface area contributed by atoms with E-state index in [0.29, 0.717) is 10.7 Å². The Balaban J connectivity index is 1.94. The number of anilines is 1. The zero-order valence-electron chi connectivity index (χ0n) is 12.3. The second-order valence-electron chi connectivity index (χ2n) is 4.77. The predicted octanol–water partition coefficient (Wildman–Crippen LogP) is 2.72. The summed E-state index contributed by atoms with van der Waals surface area (Å²) >= 11 is 5.10. The highest BCUT2D eigenvalue weighted by molar-refractivity contribution is 7.80. The van der Waals surface area contributed by atoms with Gasteiger partial charge in [-0.3, -0.25) is 5.43 Å². The Hall–Kier alpha value is -2.93. The van der Waals surface area contributed by atoms with Crippen molar-refractivity contribution in [1.82, 2.24) is 5.43 Å². The largest absolute Gasteiger partial charge is 0.507 e. The number of aryl methyl sites for hydroxylation is 1. The van der Waals surface area contributed by atoms with Crippen LogP contribution in [0.1, 0.15) is 21.5 Å². The summed E-state index contributed by atoms with van der Waals surface area (Å²) < 4.78 is 0. The Morgan fingerprint density at radius 2 is 1.91 bits per heavy atom. The molecule has 0 aliphatic heterocycles. The molecule has 2 rings (SSSR count). The number of aromatic hydroxyl groups is 1. The molecule has 6 nitrogen and oxygen atoms in total. The average Bonchev–Trinajstić information content (AvgIpc) is 2.51. The summed E-state index contributed by atoms with van der Waals surface area (Å²) in [4.78, 5) is 10.8. The highest BCUT2D eigenvalue weighted by atomic mass is 32.1. The molecule has 4 N–H and O–H groups in total. The molecule has 0 unspecified atom stereocenters. The molecule has 0 amide bonds. The lowest BCUT2D eigenvalue weighted by molar-refractivity contribution is 0.0696. The molecule has 0 spiro atoms. The van der Waals surface area contributed by atoms with Crippen LogP contribution >= 0.6 is 12.2 Å². The molecule has 2 aromatic carbocycles. The summed E-state index contributed by atoms with van der Waals surface area (Å²) in [6.07, 6.45) is 1.35. The molecule has 0 fully saturated rings. The maximum atomic E-state index is 10.8. The molecule has 23 heavy (non-hydrogen) atoms. The van der Waals surface area contributed by atoms with Gasteiger partial charge in [0.25, 0.3) is 0 Å². The summed E-state index contributed by atoms with van der Waals surface area (Å²) in [7, 11) is 0. The minimum atomic E-state index is -1.11. The number of phenolic OH excluding ortho intramolecular Hbond substituents is 1. The van der Waals surface area contributed by atoms with Gasteiger partial charge < -0.3 is 15.5 Å². The van der Waals surface area contributed by atoms with Gasteiger partial charge in [0.15, 0.2) is 5.11 Å². The van der Waals surface area contributed by atoms with Crippen molar-refractivity contribution in [2.24, 2.45) is 5.10 Å². The van der Waals surface area contributed by atoms with Crippen LogP contribution in [0.3, 0.4) is 0 Å². The van der Waals surface area contributed by atoms with Crippen molar-refractivity contribution in [2.75, 3.05) is 5.32 Å². The number of phenols is 1. The Morgan fingerprint density at radius 3 is 2.52 bits per heavy atom. The molecule has 0 saturated carbocycles. The van der Waals surface area contributed by atoms with Gasteiger partial charge in [0.05, 0.1) is 11.8 Å². The maximum Gasteiger partial charge on any atom is 0.335 e. The Kier molecular flexibility index (Phi) is 5.27. The molecule has 0 bridgehead atoms. The minimum absolute atomic E-state index is 0.00386. The molecular formula is C16H15N3O3S. The molecule has 0 aliphatic carbocycles. The first-order valence-electron chi connectivity index (χ1n) is 6.69. The van der Waals surface area contributed by atoms with Gasteiger partial charge in [0.1, 0.15) is 5.75 Å². The zero-order valence-corrected chi connectivity index (χ0v) is 13.1. The number of thiocarbonyl (C=S) groups is 1. The molecule has 0 aliphatic rings. The smallest absolute Gasteiger partial charge is 0.335 e. The number of carbonyl (C=O) groups is 1. The third-order valence-corrected chi connectivity index (χ3v) is 3.15. The highest BCUT2D eigenvalue weighted by Crippen LogP contribution is 2.17. The van der Waals surface area contributed by atoms with Crippen LogP contribution in [0.4, 0.5) is 5.69 Å². The number of nitrogens with one attached hydrogen (secondary N) is 2. The highest BCUT2D eigenvalue weighted by Gasteiger charge is 2.06. The van der Waals surface area contributed by atoms with Crippen molar-refractivity contribution in [3.8, 4) is 5.75 Å². The van der Waals surface area contributed by atoms with E-state index in [0.717, 1.165) is 17.3 Å². The first-order valence-corrected chi connectivity index (χ1v) is 7.09. The number of nitrogens with zero attached hydrogens (tertiary/aromatic N) is 1. The lowest BCUT2D eigenvalue weighted by Crippen LogP contribution is -2.23. The SMILES string of the molecule is Cc1ccc(NC(=S)N/N=C/c2ccc(C(=O)O)cc2O)cc1. The fourth-order valence-electron chi connectivity index (χ4n) is 1.74. The van der Waals surface area contributed by atoms with E-state index in [1.54, 1.807) is 0 Å². The Bertz CT molecular complexity index is 758. The molecule has 7 heteroatoms. The van der Waals surface area contributed by atoms with E-state index in [2.05, 4.69) is 15.8 Å². The van der Waals surface area contributed by atoms with Crippen molar-refractivity contribution < 1.29 is 15.0 Å². The number of hydrogen-bond acceptors (Lipinski definition) is 4. The summed E-state index contributed by atoms with van der Waals surface area (Å²) in [6, 6.07) is 11.7. The van der Waals surface area contributed by atoms with E-state index in [9.17, 15) is 9.90 Å². The quantitative estimate of drug-likeness (QED) is 0.391. The van der Waals surface area contributed by atoms with Gasteiger partial charge in [-0.15, -0.1) is 0 Å². The van der Waals surface area contributed by atoms with Crippen LogP contribution in [0.5, 0.6) is 5.75 Å². The number of rotatable bonds is 4. The van der Waals surface area contributed by atoms with E-state index in [1.807, 2.05) is 31.2 Å². The van der Waals surface area contributed by atoms with Crippen molar-refractivity contribution in [3.63, 3.8) is 0 Å². The van der Waals surface area contributed by atoms with Crippen molar-refractivity contribution in [3.05, 3.63) is 59.2 Å². The van der Waals surface area contributed by atoms with Gasteiger partial charge in [-0.25, -0.2) is 4.79 Å². The average molecular weight is 329 g/mol. The number of carboxylic acid groups (broad SMARTS) is 1. The van der Waals surface area contributed by atoms with Gasteiger partial charge in [-0.2, -0.15) is 5.10 Å². The lowest BCUT2D eigenvalue weighted by Gasteiger charge is -2.07. The summed E-state index contributed by atoms with van der Waals surface area (Å²) in [6.45, 7) is 1.99. The van der Waals surface area contributed by atoms with Gasteiger partial charge in [0.2, 0.25) is 0 Å². The topological polar surface area (TPSA) is 94.0 Å². The fourth-order valence-corrected chi connectivity index (χ4v) is 1.91. The molecule has 0 heterocycles. The van der Waals surface area contributed by atoms with Crippen LogP contribution in [0, 0.1) is 6.92 Å². The molecule has 0 aromatic heterocycles. The monoisotopic (exact) mass is 329 g/mol. The van der Waals surface area contributed by atoms with E-state index in [4.69, 9.17) is 17.3 Å². The number of aromatic carboxylic acids is 1. The second kappa shape index (κ2) is 7.37. The molecular weight excluding hydrogens is 314 g/mol.